The molecule has 1 aromatic rings. The summed E-state index contributed by atoms with van der Waals surface area (Å²) in [6, 6.07) is 3.29. The summed E-state index contributed by atoms with van der Waals surface area (Å²) in [5.41, 5.74) is 5.14. The SMILES string of the molecule is CC(C)COCCNS(=O)(=O)c1ccc(F)c(N)c1. The highest BCUT2D eigenvalue weighted by atomic mass is 32.2. The summed E-state index contributed by atoms with van der Waals surface area (Å²) in [6.07, 6.45) is 0. The third kappa shape index (κ3) is 5.14. The summed E-state index contributed by atoms with van der Waals surface area (Å²) in [7, 11) is -3.68. The Bertz CT molecular complexity index is 518. The molecular formula is C12H19FN2O3S. The molecule has 5 nitrogen and oxygen atoms in total. The van der Waals surface area contributed by atoms with Gasteiger partial charge in [0.2, 0.25) is 10.0 Å². The highest BCUT2D eigenvalue weighted by Gasteiger charge is 2.14. The largest absolute Gasteiger partial charge is 0.396 e. The summed E-state index contributed by atoms with van der Waals surface area (Å²) in [5, 5.41) is 0. The maximum Gasteiger partial charge on any atom is 0.240 e. The van der Waals surface area contributed by atoms with E-state index in [0.717, 1.165) is 12.1 Å². The van der Waals surface area contributed by atoms with Gasteiger partial charge < -0.3 is 10.5 Å². The molecule has 0 atom stereocenters. The van der Waals surface area contributed by atoms with Gasteiger partial charge in [0.05, 0.1) is 17.2 Å². The normalized spacial score (nSPS) is 12.0. The number of nitrogens with one attached hydrogen (secondary N) is 1. The summed E-state index contributed by atoms with van der Waals surface area (Å²) in [6.45, 7) is 5.03. The minimum atomic E-state index is -3.68. The van der Waals surface area contributed by atoms with Crippen molar-refractivity contribution < 1.29 is 17.5 Å². The topological polar surface area (TPSA) is 81.4 Å². The lowest BCUT2D eigenvalue weighted by Crippen LogP contribution is -2.28. The predicted molar refractivity (Wildman–Crippen MR) is 71.7 cm³/mol. The first-order chi connectivity index (χ1) is 8.83. The molecule has 0 amide bonds. The fourth-order valence-electron chi connectivity index (χ4n) is 1.34. The number of hydrogen-bond donors (Lipinski definition) is 2. The van der Waals surface area contributed by atoms with Crippen molar-refractivity contribution in [2.45, 2.75) is 18.7 Å². The van der Waals surface area contributed by atoms with Gasteiger partial charge in [0, 0.05) is 13.2 Å². The molecule has 3 N–H and O–H groups in total. The molecule has 0 spiro atoms. The second kappa shape index (κ2) is 6.83. The molecule has 19 heavy (non-hydrogen) atoms. The van der Waals surface area contributed by atoms with Crippen LogP contribution >= 0.6 is 0 Å². The van der Waals surface area contributed by atoms with E-state index in [4.69, 9.17) is 10.5 Å². The van der Waals surface area contributed by atoms with Gasteiger partial charge in [0.25, 0.3) is 0 Å². The van der Waals surface area contributed by atoms with Gasteiger partial charge in [-0.05, 0) is 24.1 Å². The van der Waals surface area contributed by atoms with Gasteiger partial charge in [0.1, 0.15) is 5.82 Å². The van der Waals surface area contributed by atoms with E-state index in [2.05, 4.69) is 4.72 Å². The quantitative estimate of drug-likeness (QED) is 0.587. The van der Waals surface area contributed by atoms with Gasteiger partial charge in [0.15, 0.2) is 0 Å². The van der Waals surface area contributed by atoms with Gasteiger partial charge >= 0.3 is 0 Å². The Labute approximate surface area is 113 Å². The molecule has 0 radical (unpaired) electrons. The van der Waals surface area contributed by atoms with Crippen molar-refractivity contribution in [2.24, 2.45) is 5.92 Å². The van der Waals surface area contributed by atoms with Crippen LogP contribution in [0.5, 0.6) is 0 Å². The molecule has 0 aliphatic rings. The van der Waals surface area contributed by atoms with Gasteiger partial charge in [-0.15, -0.1) is 0 Å². The average molecular weight is 290 g/mol. The van der Waals surface area contributed by atoms with E-state index in [1.165, 1.54) is 6.07 Å². The predicted octanol–water partition coefficient (Wildman–Crippen LogP) is 1.36. The van der Waals surface area contributed by atoms with Crippen molar-refractivity contribution in [3.8, 4) is 0 Å². The first-order valence-electron chi connectivity index (χ1n) is 5.95. The molecule has 108 valence electrons. The Morgan fingerprint density at radius 2 is 2.11 bits per heavy atom. The Morgan fingerprint density at radius 1 is 1.42 bits per heavy atom. The van der Waals surface area contributed by atoms with Crippen LogP contribution in [-0.2, 0) is 14.8 Å². The van der Waals surface area contributed by atoms with E-state index < -0.39 is 15.8 Å². The highest BCUT2D eigenvalue weighted by Crippen LogP contribution is 2.16. The molecule has 0 heterocycles. The number of hydrogen-bond acceptors (Lipinski definition) is 4. The van der Waals surface area contributed by atoms with Crippen LogP contribution in [0, 0.1) is 11.7 Å². The van der Waals surface area contributed by atoms with Crippen LogP contribution in [0.1, 0.15) is 13.8 Å². The zero-order valence-corrected chi connectivity index (χ0v) is 11.8. The second-order valence-corrected chi connectivity index (χ2v) is 6.32. The summed E-state index contributed by atoms with van der Waals surface area (Å²) in [5.74, 6) is -0.243. The van der Waals surface area contributed by atoms with E-state index in [9.17, 15) is 12.8 Å². The monoisotopic (exact) mass is 290 g/mol. The third-order valence-electron chi connectivity index (χ3n) is 2.27. The molecule has 7 heteroatoms. The highest BCUT2D eigenvalue weighted by molar-refractivity contribution is 7.89. The van der Waals surface area contributed by atoms with Gasteiger partial charge in [-0.1, -0.05) is 13.8 Å². The smallest absolute Gasteiger partial charge is 0.240 e. The molecule has 0 aromatic heterocycles. The number of anilines is 1. The minimum absolute atomic E-state index is 0.0599. The van der Waals surface area contributed by atoms with E-state index >= 15 is 0 Å². The van der Waals surface area contributed by atoms with Crippen molar-refractivity contribution in [1.29, 1.82) is 0 Å². The molecule has 1 aromatic carbocycles. The third-order valence-corrected chi connectivity index (χ3v) is 3.73. The lowest BCUT2D eigenvalue weighted by molar-refractivity contribution is 0.114. The molecule has 0 aliphatic heterocycles. The Hall–Kier alpha value is -1.18. The second-order valence-electron chi connectivity index (χ2n) is 4.55. The van der Waals surface area contributed by atoms with Crippen molar-refractivity contribution >= 4 is 15.7 Å². The Balaban J connectivity index is 2.54. The number of benzene rings is 1. The first-order valence-corrected chi connectivity index (χ1v) is 7.43. The van der Waals surface area contributed by atoms with Crippen molar-refractivity contribution in [3.05, 3.63) is 24.0 Å². The standard InChI is InChI=1S/C12H19FN2O3S/c1-9(2)8-18-6-5-15-19(16,17)10-3-4-11(13)12(14)7-10/h3-4,7,9,15H,5-6,8,14H2,1-2H3. The Kier molecular flexibility index (Phi) is 5.71. The first kappa shape index (κ1) is 15.9. The molecular weight excluding hydrogens is 271 g/mol. The molecule has 0 aliphatic carbocycles. The molecule has 0 fully saturated rings. The van der Waals surface area contributed by atoms with E-state index in [1.807, 2.05) is 13.8 Å². The summed E-state index contributed by atoms with van der Waals surface area (Å²) in [4.78, 5) is -0.0599. The number of halogens is 1. The lowest BCUT2D eigenvalue weighted by atomic mass is 10.2. The number of rotatable bonds is 7. The van der Waals surface area contributed by atoms with Crippen molar-refractivity contribution in [1.82, 2.24) is 4.72 Å². The Morgan fingerprint density at radius 3 is 2.68 bits per heavy atom. The van der Waals surface area contributed by atoms with Crippen molar-refractivity contribution in [3.63, 3.8) is 0 Å². The van der Waals surface area contributed by atoms with Crippen LogP contribution < -0.4 is 10.5 Å². The van der Waals surface area contributed by atoms with Crippen LogP contribution in [0.3, 0.4) is 0 Å². The fraction of sp³-hybridized carbons (Fsp3) is 0.500. The van der Waals surface area contributed by atoms with E-state index in [1.54, 1.807) is 0 Å². The van der Waals surface area contributed by atoms with Crippen LogP contribution in [0.2, 0.25) is 0 Å². The molecule has 1 rings (SSSR count). The van der Waals surface area contributed by atoms with E-state index in [0.29, 0.717) is 12.5 Å². The van der Waals surface area contributed by atoms with Crippen LogP contribution in [0.25, 0.3) is 0 Å². The zero-order chi connectivity index (χ0) is 14.5. The van der Waals surface area contributed by atoms with Crippen molar-refractivity contribution in [2.75, 3.05) is 25.5 Å². The summed E-state index contributed by atoms with van der Waals surface area (Å²) < 4.78 is 44.3. The molecule has 0 saturated carbocycles. The number of ether oxygens (including phenoxy) is 1. The van der Waals surface area contributed by atoms with Gasteiger partial charge in [-0.3, -0.25) is 0 Å². The summed E-state index contributed by atoms with van der Waals surface area (Å²) >= 11 is 0. The maximum atomic E-state index is 13.0. The van der Waals surface area contributed by atoms with Crippen LogP contribution in [0.15, 0.2) is 23.1 Å². The minimum Gasteiger partial charge on any atom is -0.396 e. The zero-order valence-electron chi connectivity index (χ0n) is 11.0. The van der Waals surface area contributed by atoms with Crippen LogP contribution in [0.4, 0.5) is 10.1 Å². The molecule has 0 unspecified atom stereocenters. The molecule has 0 bridgehead atoms. The molecule has 0 saturated heterocycles. The van der Waals surface area contributed by atoms with E-state index in [-0.39, 0.29) is 23.7 Å². The number of sulfonamides is 1. The lowest BCUT2D eigenvalue weighted by Gasteiger charge is -2.09. The van der Waals surface area contributed by atoms with Gasteiger partial charge in [-0.25, -0.2) is 17.5 Å². The van der Waals surface area contributed by atoms with Crippen LogP contribution in [-0.4, -0.2) is 28.2 Å². The number of nitrogens with two attached hydrogens (primary N) is 1. The number of nitrogen functional groups attached to an aromatic ring is 1. The fourth-order valence-corrected chi connectivity index (χ4v) is 2.39. The average Bonchev–Trinajstić information content (AvgIpc) is 2.31. The maximum absolute atomic E-state index is 13.0. The van der Waals surface area contributed by atoms with Gasteiger partial charge in [-0.2, -0.15) is 0 Å².